The molecule has 2 unspecified atom stereocenters. The Balaban J connectivity index is 0.00000176. The SMILES string of the molecule is CC.OC(CCNS)C(O)CCc1cc(-c2ncc(-c3ccc(Br)c(F)c3)[nH]2)ccc1Cl. The van der Waals surface area contributed by atoms with Crippen LogP contribution in [-0.2, 0) is 6.42 Å². The van der Waals surface area contributed by atoms with E-state index in [1.807, 2.05) is 26.0 Å². The van der Waals surface area contributed by atoms with Gasteiger partial charge in [-0.3, -0.25) is 4.72 Å². The van der Waals surface area contributed by atoms with E-state index in [9.17, 15) is 14.6 Å². The summed E-state index contributed by atoms with van der Waals surface area (Å²) < 4.78 is 16.9. The van der Waals surface area contributed by atoms with Gasteiger partial charge in [-0.15, -0.1) is 0 Å². The first-order valence-corrected chi connectivity index (χ1v) is 12.0. The summed E-state index contributed by atoms with van der Waals surface area (Å²) in [7, 11) is 0. The quantitative estimate of drug-likeness (QED) is 0.220. The van der Waals surface area contributed by atoms with Crippen LogP contribution in [0.3, 0.4) is 0 Å². The summed E-state index contributed by atoms with van der Waals surface area (Å²) in [5, 5.41) is 20.7. The molecule has 1 heterocycles. The van der Waals surface area contributed by atoms with Crippen LogP contribution in [0.25, 0.3) is 22.6 Å². The van der Waals surface area contributed by atoms with E-state index in [4.69, 9.17) is 11.6 Å². The van der Waals surface area contributed by atoms with Crippen molar-refractivity contribution in [2.24, 2.45) is 0 Å². The van der Waals surface area contributed by atoms with Gasteiger partial charge >= 0.3 is 0 Å². The first kappa shape index (κ1) is 26.8. The maximum Gasteiger partial charge on any atom is 0.138 e. The summed E-state index contributed by atoms with van der Waals surface area (Å²) in [5.41, 5.74) is 3.06. The molecule has 3 aromatic rings. The average molecular weight is 545 g/mol. The molecule has 0 aliphatic carbocycles. The number of aliphatic hydroxyl groups excluding tert-OH is 2. The number of nitrogens with zero attached hydrogens (tertiary/aromatic N) is 1. The number of hydrogen-bond acceptors (Lipinski definition) is 5. The zero-order valence-electron chi connectivity index (χ0n) is 17.9. The largest absolute Gasteiger partial charge is 0.390 e. The molecule has 0 radical (unpaired) electrons. The first-order chi connectivity index (χ1) is 15.4. The van der Waals surface area contributed by atoms with Gasteiger partial charge in [-0.25, -0.2) is 9.37 Å². The fraction of sp³-hybridized carbons (Fsp3) is 0.348. The zero-order valence-corrected chi connectivity index (χ0v) is 21.2. The smallest absolute Gasteiger partial charge is 0.138 e. The van der Waals surface area contributed by atoms with Crippen LogP contribution in [0.5, 0.6) is 0 Å². The molecule has 0 saturated carbocycles. The first-order valence-electron chi connectivity index (χ1n) is 10.4. The van der Waals surface area contributed by atoms with E-state index in [0.29, 0.717) is 52.4 Å². The Morgan fingerprint density at radius 1 is 1.12 bits per heavy atom. The molecule has 0 aliphatic rings. The normalized spacial score (nSPS) is 12.8. The van der Waals surface area contributed by atoms with Crippen molar-refractivity contribution >= 4 is 40.3 Å². The number of aromatic nitrogens is 2. The lowest BCUT2D eigenvalue weighted by molar-refractivity contribution is 0.0113. The van der Waals surface area contributed by atoms with Crippen molar-refractivity contribution in [1.29, 1.82) is 0 Å². The highest BCUT2D eigenvalue weighted by molar-refractivity contribution is 9.10. The van der Waals surface area contributed by atoms with Crippen molar-refractivity contribution in [3.05, 3.63) is 63.5 Å². The third-order valence-corrected chi connectivity index (χ3v) is 6.07. The van der Waals surface area contributed by atoms with Crippen LogP contribution in [-0.4, -0.2) is 38.9 Å². The molecule has 0 aliphatic heterocycles. The lowest BCUT2D eigenvalue weighted by Gasteiger charge is -2.18. The number of aromatic amines is 1. The summed E-state index contributed by atoms with van der Waals surface area (Å²) >= 11 is 13.4. The van der Waals surface area contributed by atoms with Gasteiger partial charge in [-0.2, -0.15) is 0 Å². The lowest BCUT2D eigenvalue weighted by atomic mass is 10.0. The highest BCUT2D eigenvalue weighted by Crippen LogP contribution is 2.28. The maximum atomic E-state index is 13.8. The number of imidazole rings is 1. The molecule has 9 heteroatoms. The van der Waals surface area contributed by atoms with E-state index in [-0.39, 0.29) is 5.82 Å². The molecule has 0 amide bonds. The number of halogens is 3. The summed E-state index contributed by atoms with van der Waals surface area (Å²) in [6, 6.07) is 10.4. The number of hydrogen-bond donors (Lipinski definition) is 5. The Hall–Kier alpha value is -1.42. The van der Waals surface area contributed by atoms with E-state index >= 15 is 0 Å². The number of thiol groups is 1. The fourth-order valence-corrected chi connectivity index (χ4v) is 3.68. The molecule has 0 saturated heterocycles. The minimum Gasteiger partial charge on any atom is -0.390 e. The Labute approximate surface area is 207 Å². The van der Waals surface area contributed by atoms with Gasteiger partial charge < -0.3 is 15.2 Å². The molecule has 32 heavy (non-hydrogen) atoms. The molecule has 0 fully saturated rings. The highest BCUT2D eigenvalue weighted by atomic mass is 79.9. The molecule has 2 aromatic carbocycles. The van der Waals surface area contributed by atoms with Gasteiger partial charge in [0.2, 0.25) is 0 Å². The molecule has 5 nitrogen and oxygen atoms in total. The van der Waals surface area contributed by atoms with Gasteiger partial charge in [0.15, 0.2) is 0 Å². The lowest BCUT2D eigenvalue weighted by Crippen LogP contribution is -2.28. The van der Waals surface area contributed by atoms with Crippen LogP contribution in [0.15, 0.2) is 47.1 Å². The van der Waals surface area contributed by atoms with Gasteiger partial charge in [0.1, 0.15) is 11.6 Å². The predicted octanol–water partition coefficient (Wildman–Crippen LogP) is 5.80. The molecular formula is C23H28BrClFN3O2S. The minimum absolute atomic E-state index is 0.344. The van der Waals surface area contributed by atoms with Crippen LogP contribution < -0.4 is 4.72 Å². The second kappa shape index (κ2) is 13.3. The van der Waals surface area contributed by atoms with Crippen LogP contribution in [0.4, 0.5) is 4.39 Å². The monoisotopic (exact) mass is 543 g/mol. The third kappa shape index (κ3) is 7.30. The molecule has 174 valence electrons. The Kier molecular flexibility index (Phi) is 11.2. The van der Waals surface area contributed by atoms with Crippen LogP contribution in [0.1, 0.15) is 32.3 Å². The second-order valence-corrected chi connectivity index (χ2v) is 8.53. The number of nitrogens with one attached hydrogen (secondary N) is 2. The van der Waals surface area contributed by atoms with Crippen LogP contribution >= 0.6 is 40.3 Å². The number of aliphatic hydroxyl groups is 2. The summed E-state index contributed by atoms with van der Waals surface area (Å²) in [6.45, 7) is 4.50. The highest BCUT2D eigenvalue weighted by Gasteiger charge is 2.17. The molecule has 3 rings (SSSR count). The summed E-state index contributed by atoms with van der Waals surface area (Å²) in [4.78, 5) is 7.61. The van der Waals surface area contributed by atoms with Crippen molar-refractivity contribution in [1.82, 2.24) is 14.7 Å². The Morgan fingerprint density at radius 3 is 2.50 bits per heavy atom. The Morgan fingerprint density at radius 2 is 1.81 bits per heavy atom. The summed E-state index contributed by atoms with van der Waals surface area (Å²) in [5.74, 6) is 0.287. The molecule has 1 aromatic heterocycles. The van der Waals surface area contributed by atoms with E-state index in [1.54, 1.807) is 24.4 Å². The molecule has 4 N–H and O–H groups in total. The number of benzene rings is 2. The van der Waals surface area contributed by atoms with Crippen LogP contribution in [0, 0.1) is 5.82 Å². The Bertz CT molecular complexity index is 1010. The molecule has 0 bridgehead atoms. The molecular weight excluding hydrogens is 517 g/mol. The molecule has 2 atom stereocenters. The van der Waals surface area contributed by atoms with E-state index in [1.165, 1.54) is 6.07 Å². The van der Waals surface area contributed by atoms with Crippen molar-refractivity contribution in [2.75, 3.05) is 6.54 Å². The van der Waals surface area contributed by atoms with Gasteiger partial charge in [0, 0.05) is 22.7 Å². The standard InChI is InChI=1S/C21H22BrClFN3O2S.C2H6/c22-15-4-1-13(10-17(15)24)18-11-25-21(27-18)14-2-5-16(23)12(9-14)3-6-19(28)20(29)7-8-26-30;1-2/h1-2,4-5,9-11,19-20,26,28-30H,3,6-8H2,(H,25,27);1-2H3. The zero-order chi connectivity index (χ0) is 23.7. The third-order valence-electron chi connectivity index (χ3n) is 4.83. The predicted molar refractivity (Wildman–Crippen MR) is 135 cm³/mol. The number of H-pyrrole nitrogens is 1. The average Bonchev–Trinajstić information content (AvgIpc) is 3.30. The minimum atomic E-state index is -0.853. The van der Waals surface area contributed by atoms with Gasteiger partial charge in [0.25, 0.3) is 0 Å². The maximum absolute atomic E-state index is 13.8. The number of rotatable bonds is 9. The van der Waals surface area contributed by atoms with Gasteiger partial charge in [0.05, 0.1) is 28.6 Å². The van der Waals surface area contributed by atoms with Crippen molar-refractivity contribution in [3.63, 3.8) is 0 Å². The van der Waals surface area contributed by atoms with E-state index in [0.717, 1.165) is 11.1 Å². The molecule has 0 spiro atoms. The second-order valence-electron chi connectivity index (χ2n) is 6.95. The summed E-state index contributed by atoms with van der Waals surface area (Å²) in [6.07, 6.45) is 1.26. The van der Waals surface area contributed by atoms with Crippen molar-refractivity contribution in [3.8, 4) is 22.6 Å². The number of aryl methyl sites for hydroxylation is 1. The van der Waals surface area contributed by atoms with Crippen LogP contribution in [0.2, 0.25) is 5.02 Å². The van der Waals surface area contributed by atoms with Crippen molar-refractivity contribution in [2.45, 2.75) is 45.3 Å². The van der Waals surface area contributed by atoms with Gasteiger partial charge in [-0.05, 0) is 71.1 Å². The van der Waals surface area contributed by atoms with E-state index < -0.39 is 12.2 Å². The fourth-order valence-electron chi connectivity index (χ4n) is 3.09. The van der Waals surface area contributed by atoms with Gasteiger partial charge in [-0.1, -0.05) is 44.3 Å². The van der Waals surface area contributed by atoms with Crippen molar-refractivity contribution < 1.29 is 14.6 Å². The topological polar surface area (TPSA) is 81.2 Å². The van der Waals surface area contributed by atoms with E-state index in [2.05, 4.69) is 43.4 Å².